The Labute approximate surface area is 171 Å². The number of benzene rings is 2. The van der Waals surface area contributed by atoms with E-state index in [2.05, 4.69) is 14.1 Å². The third-order valence-electron chi connectivity index (χ3n) is 4.88. The Hall–Kier alpha value is -2.51. The van der Waals surface area contributed by atoms with Gasteiger partial charge in [-0.2, -0.15) is 8.75 Å². The zero-order valence-electron chi connectivity index (χ0n) is 15.1. The average molecular weight is 415 g/mol. The SMILES string of the molecule is O=C(NC1CCCCN(Cc2cccc(Cl)c2)C1=O)c1cccc2nsnc12. The number of hydrogen-bond acceptors (Lipinski definition) is 5. The van der Waals surface area contributed by atoms with Gasteiger partial charge in [0, 0.05) is 18.1 Å². The van der Waals surface area contributed by atoms with Crippen LogP contribution in [-0.2, 0) is 11.3 Å². The molecule has 1 aliphatic heterocycles. The summed E-state index contributed by atoms with van der Waals surface area (Å²) < 4.78 is 8.38. The third kappa shape index (κ3) is 4.00. The predicted molar refractivity (Wildman–Crippen MR) is 109 cm³/mol. The van der Waals surface area contributed by atoms with Gasteiger partial charge in [-0.05, 0) is 49.1 Å². The molecule has 2 aromatic carbocycles. The molecule has 4 rings (SSSR count). The molecule has 0 radical (unpaired) electrons. The Kier molecular flexibility index (Phi) is 5.54. The maximum absolute atomic E-state index is 13.1. The summed E-state index contributed by atoms with van der Waals surface area (Å²) in [6.07, 6.45) is 2.41. The van der Waals surface area contributed by atoms with Crippen molar-refractivity contribution in [3.63, 3.8) is 0 Å². The smallest absolute Gasteiger partial charge is 0.254 e. The molecule has 0 bridgehead atoms. The van der Waals surface area contributed by atoms with Crippen molar-refractivity contribution in [2.75, 3.05) is 6.54 Å². The van der Waals surface area contributed by atoms with Gasteiger partial charge in [0.2, 0.25) is 5.91 Å². The largest absolute Gasteiger partial charge is 0.340 e. The molecule has 6 nitrogen and oxygen atoms in total. The minimum absolute atomic E-state index is 0.0607. The highest BCUT2D eigenvalue weighted by Gasteiger charge is 2.29. The molecule has 1 fully saturated rings. The van der Waals surface area contributed by atoms with E-state index in [0.717, 1.165) is 30.1 Å². The van der Waals surface area contributed by atoms with Crippen LogP contribution in [0.15, 0.2) is 42.5 Å². The van der Waals surface area contributed by atoms with Crippen molar-refractivity contribution >= 4 is 46.2 Å². The zero-order valence-corrected chi connectivity index (χ0v) is 16.7. The Bertz CT molecular complexity index is 1020. The van der Waals surface area contributed by atoms with E-state index in [1.807, 2.05) is 30.3 Å². The lowest BCUT2D eigenvalue weighted by Gasteiger charge is -2.25. The predicted octanol–water partition coefficient (Wildman–Crippen LogP) is 3.66. The fourth-order valence-electron chi connectivity index (χ4n) is 3.48. The van der Waals surface area contributed by atoms with Crippen LogP contribution in [-0.4, -0.2) is 38.0 Å². The highest BCUT2D eigenvalue weighted by molar-refractivity contribution is 7.00. The van der Waals surface area contributed by atoms with Crippen molar-refractivity contribution in [2.24, 2.45) is 0 Å². The number of hydrogen-bond donors (Lipinski definition) is 1. The first-order valence-electron chi connectivity index (χ1n) is 9.17. The van der Waals surface area contributed by atoms with Crippen molar-refractivity contribution < 1.29 is 9.59 Å². The van der Waals surface area contributed by atoms with Gasteiger partial charge in [-0.15, -0.1) is 0 Å². The second-order valence-corrected chi connectivity index (χ2v) is 7.81. The number of rotatable bonds is 4. The fourth-order valence-corrected chi connectivity index (χ4v) is 4.24. The number of likely N-dealkylation sites (tertiary alicyclic amines) is 1. The number of carbonyl (C=O) groups is 2. The molecule has 3 aromatic rings. The summed E-state index contributed by atoms with van der Waals surface area (Å²) in [4.78, 5) is 27.7. The molecule has 2 heterocycles. The van der Waals surface area contributed by atoms with Gasteiger partial charge < -0.3 is 10.2 Å². The van der Waals surface area contributed by atoms with E-state index in [1.54, 1.807) is 17.0 Å². The van der Waals surface area contributed by atoms with Crippen LogP contribution >= 0.6 is 23.3 Å². The van der Waals surface area contributed by atoms with Gasteiger partial charge in [-0.3, -0.25) is 9.59 Å². The quantitative estimate of drug-likeness (QED) is 0.707. The monoisotopic (exact) mass is 414 g/mol. The van der Waals surface area contributed by atoms with Crippen molar-refractivity contribution in [1.29, 1.82) is 0 Å². The first-order chi connectivity index (χ1) is 13.6. The maximum Gasteiger partial charge on any atom is 0.254 e. The maximum atomic E-state index is 13.1. The highest BCUT2D eigenvalue weighted by atomic mass is 35.5. The lowest BCUT2D eigenvalue weighted by atomic mass is 10.1. The summed E-state index contributed by atoms with van der Waals surface area (Å²) in [6, 6.07) is 12.3. The molecular formula is C20H19ClN4O2S. The molecule has 1 atom stereocenters. The second kappa shape index (κ2) is 8.24. The van der Waals surface area contributed by atoms with Crippen molar-refractivity contribution in [3.05, 3.63) is 58.6 Å². The Morgan fingerprint density at radius 1 is 1.21 bits per heavy atom. The van der Waals surface area contributed by atoms with Gasteiger partial charge in [-0.1, -0.05) is 29.8 Å². The number of carbonyl (C=O) groups excluding carboxylic acids is 2. The molecule has 1 saturated heterocycles. The van der Waals surface area contributed by atoms with E-state index in [4.69, 9.17) is 11.6 Å². The summed E-state index contributed by atoms with van der Waals surface area (Å²) >= 11 is 7.14. The van der Waals surface area contributed by atoms with E-state index in [-0.39, 0.29) is 11.8 Å². The van der Waals surface area contributed by atoms with E-state index >= 15 is 0 Å². The first kappa shape index (κ1) is 18.8. The van der Waals surface area contributed by atoms with Gasteiger partial charge in [0.15, 0.2) is 0 Å². The summed E-state index contributed by atoms with van der Waals surface area (Å²) in [6.45, 7) is 1.15. The number of fused-ring (bicyclic) bond motifs is 1. The molecule has 0 spiro atoms. The molecule has 28 heavy (non-hydrogen) atoms. The number of nitrogens with one attached hydrogen (secondary N) is 1. The lowest BCUT2D eigenvalue weighted by molar-refractivity contribution is -0.133. The zero-order chi connectivity index (χ0) is 19.5. The van der Waals surface area contributed by atoms with Crippen molar-refractivity contribution in [3.8, 4) is 0 Å². The standard InChI is InChI=1S/C20H19ClN4O2S/c21-14-6-3-5-13(11-14)12-25-10-2-1-8-17(20(25)27)22-19(26)15-7-4-9-16-18(15)24-28-23-16/h3-7,9,11,17H,1-2,8,10,12H2,(H,22,26). The minimum atomic E-state index is -0.545. The van der Waals surface area contributed by atoms with Crippen LogP contribution in [0.5, 0.6) is 0 Å². The van der Waals surface area contributed by atoms with Crippen LogP contribution in [0.4, 0.5) is 0 Å². The molecule has 1 aromatic heterocycles. The highest BCUT2D eigenvalue weighted by Crippen LogP contribution is 2.20. The van der Waals surface area contributed by atoms with Crippen LogP contribution in [0, 0.1) is 0 Å². The Morgan fingerprint density at radius 3 is 2.93 bits per heavy atom. The van der Waals surface area contributed by atoms with Crippen LogP contribution in [0.1, 0.15) is 35.2 Å². The fraction of sp³-hybridized carbons (Fsp3) is 0.300. The molecule has 144 valence electrons. The van der Waals surface area contributed by atoms with Crippen LogP contribution in [0.25, 0.3) is 11.0 Å². The Morgan fingerprint density at radius 2 is 2.07 bits per heavy atom. The lowest BCUT2D eigenvalue weighted by Crippen LogP contribution is -2.47. The van der Waals surface area contributed by atoms with Crippen molar-refractivity contribution in [2.45, 2.75) is 31.8 Å². The van der Waals surface area contributed by atoms with E-state index < -0.39 is 6.04 Å². The minimum Gasteiger partial charge on any atom is -0.340 e. The summed E-state index contributed by atoms with van der Waals surface area (Å²) in [7, 11) is 0. The summed E-state index contributed by atoms with van der Waals surface area (Å²) in [5.74, 6) is -0.351. The van der Waals surface area contributed by atoms with Crippen molar-refractivity contribution in [1.82, 2.24) is 19.0 Å². The van der Waals surface area contributed by atoms with E-state index in [9.17, 15) is 9.59 Å². The van der Waals surface area contributed by atoms with E-state index in [0.29, 0.717) is 41.1 Å². The van der Waals surface area contributed by atoms with Gasteiger partial charge in [0.25, 0.3) is 5.91 Å². The normalized spacial score (nSPS) is 17.5. The molecular weight excluding hydrogens is 396 g/mol. The summed E-state index contributed by atoms with van der Waals surface area (Å²) in [5, 5.41) is 3.56. The topological polar surface area (TPSA) is 75.2 Å². The first-order valence-corrected chi connectivity index (χ1v) is 10.3. The average Bonchev–Trinajstić information content (AvgIpc) is 3.11. The summed E-state index contributed by atoms with van der Waals surface area (Å²) in [5.41, 5.74) is 2.69. The molecule has 1 N–H and O–H groups in total. The second-order valence-electron chi connectivity index (χ2n) is 6.85. The van der Waals surface area contributed by atoms with Crippen LogP contribution in [0.2, 0.25) is 5.02 Å². The number of amides is 2. The molecule has 0 saturated carbocycles. The van der Waals surface area contributed by atoms with Crippen LogP contribution in [0.3, 0.4) is 0 Å². The molecule has 8 heteroatoms. The van der Waals surface area contributed by atoms with E-state index in [1.165, 1.54) is 0 Å². The van der Waals surface area contributed by atoms with Gasteiger partial charge in [0.1, 0.15) is 17.1 Å². The number of nitrogens with zero attached hydrogens (tertiary/aromatic N) is 3. The Balaban J connectivity index is 1.51. The third-order valence-corrected chi connectivity index (χ3v) is 5.66. The van der Waals surface area contributed by atoms with Gasteiger partial charge >= 0.3 is 0 Å². The molecule has 0 aliphatic carbocycles. The number of aromatic nitrogens is 2. The van der Waals surface area contributed by atoms with Gasteiger partial charge in [-0.25, -0.2) is 0 Å². The molecule has 2 amide bonds. The number of halogens is 1. The van der Waals surface area contributed by atoms with Gasteiger partial charge in [0.05, 0.1) is 17.3 Å². The molecule has 1 unspecified atom stereocenters. The van der Waals surface area contributed by atoms with Crippen LogP contribution < -0.4 is 5.32 Å². The molecule has 1 aliphatic rings.